The molecule has 3 aromatic carbocycles. The lowest BCUT2D eigenvalue weighted by atomic mass is 10.1. The molecule has 6 rings (SSSR count). The van der Waals surface area contributed by atoms with Gasteiger partial charge in [-0.2, -0.15) is 5.26 Å². The predicted octanol–water partition coefficient (Wildman–Crippen LogP) is 5.97. The maximum atomic E-state index is 9.26. The molecule has 0 aliphatic carbocycles. The van der Waals surface area contributed by atoms with E-state index in [0.29, 0.717) is 5.56 Å². The van der Waals surface area contributed by atoms with Crippen LogP contribution in [0.1, 0.15) is 11.1 Å². The van der Waals surface area contributed by atoms with Crippen molar-refractivity contribution in [1.82, 2.24) is 19.5 Å². The van der Waals surface area contributed by atoms with Gasteiger partial charge in [-0.15, -0.1) is 0 Å². The molecule has 0 saturated carbocycles. The minimum absolute atomic E-state index is 0.622. The number of hydrogen-bond acceptors (Lipinski definition) is 4. The van der Waals surface area contributed by atoms with Gasteiger partial charge < -0.3 is 0 Å². The third-order valence-electron chi connectivity index (χ3n) is 5.79. The number of aromatic nitrogens is 4. The van der Waals surface area contributed by atoms with Crippen LogP contribution in [-0.4, -0.2) is 19.5 Å². The van der Waals surface area contributed by atoms with E-state index in [1.165, 1.54) is 5.56 Å². The third-order valence-corrected chi connectivity index (χ3v) is 5.79. The van der Waals surface area contributed by atoms with Crippen molar-refractivity contribution in [3.05, 3.63) is 96.3 Å². The molecule has 3 heterocycles. The lowest BCUT2D eigenvalue weighted by Gasteiger charge is -2.12. The fraction of sp³-hybridized carbons (Fsp3) is 0.0370. The summed E-state index contributed by atoms with van der Waals surface area (Å²) in [5.74, 6) is 0.839. The third kappa shape index (κ3) is 2.67. The number of fused-ring (bicyclic) bond motifs is 6. The highest BCUT2D eigenvalue weighted by atomic mass is 15.1. The molecule has 6 aromatic rings. The second kappa shape index (κ2) is 7.00. The zero-order valence-electron chi connectivity index (χ0n) is 17.3. The Kier molecular flexibility index (Phi) is 3.99. The summed E-state index contributed by atoms with van der Waals surface area (Å²) < 4.78 is 2.16. The number of benzene rings is 3. The molecule has 0 aliphatic heterocycles. The first-order chi connectivity index (χ1) is 15.7. The molecule has 0 bridgehead atoms. The molecule has 5 heteroatoms. The van der Waals surface area contributed by atoms with E-state index in [9.17, 15) is 5.26 Å². The number of hydrogen-bond donors (Lipinski definition) is 0. The van der Waals surface area contributed by atoms with Crippen LogP contribution in [-0.2, 0) is 0 Å². The first-order valence-corrected chi connectivity index (χ1v) is 10.4. The number of pyridine rings is 2. The molecule has 3 aromatic heterocycles. The van der Waals surface area contributed by atoms with Crippen molar-refractivity contribution in [1.29, 1.82) is 5.26 Å². The van der Waals surface area contributed by atoms with Gasteiger partial charge in [0.1, 0.15) is 5.82 Å². The molecule has 0 N–H and O–H groups in total. The molecular weight excluding hydrogens is 394 g/mol. The highest BCUT2D eigenvalue weighted by Crippen LogP contribution is 2.37. The van der Waals surface area contributed by atoms with Gasteiger partial charge in [0.2, 0.25) is 0 Å². The van der Waals surface area contributed by atoms with Gasteiger partial charge in [0.25, 0.3) is 0 Å². The molecule has 0 amide bonds. The Hall–Kier alpha value is -4.56. The maximum Gasteiger partial charge on any atom is 0.145 e. The van der Waals surface area contributed by atoms with Crippen molar-refractivity contribution in [2.24, 2.45) is 0 Å². The topological polar surface area (TPSA) is 67.4 Å². The summed E-state index contributed by atoms with van der Waals surface area (Å²) in [5.41, 5.74) is 7.33. The van der Waals surface area contributed by atoms with Crippen LogP contribution in [0, 0.1) is 18.3 Å². The molecule has 0 spiro atoms. The number of nitriles is 1. The van der Waals surface area contributed by atoms with E-state index >= 15 is 0 Å². The van der Waals surface area contributed by atoms with Crippen molar-refractivity contribution < 1.29 is 0 Å². The van der Waals surface area contributed by atoms with Crippen LogP contribution in [0.25, 0.3) is 49.9 Å². The Balaban J connectivity index is 1.83. The average Bonchev–Trinajstić information content (AvgIpc) is 3.26. The lowest BCUT2D eigenvalue weighted by Crippen LogP contribution is -1.99. The van der Waals surface area contributed by atoms with Gasteiger partial charge in [0.05, 0.1) is 33.7 Å². The second-order valence-electron chi connectivity index (χ2n) is 7.79. The number of aryl methyl sites for hydroxylation is 1. The molecule has 0 fully saturated rings. The summed E-state index contributed by atoms with van der Waals surface area (Å²) >= 11 is 0. The molecule has 0 aliphatic rings. The number of rotatable bonds is 2. The number of imidazole rings is 1. The molecule has 0 unspecified atom stereocenters. The Morgan fingerprint density at radius 3 is 2.09 bits per heavy atom. The summed E-state index contributed by atoms with van der Waals surface area (Å²) in [6.45, 7) is 2.08. The second-order valence-corrected chi connectivity index (χ2v) is 7.79. The van der Waals surface area contributed by atoms with E-state index < -0.39 is 0 Å². The predicted molar refractivity (Wildman–Crippen MR) is 127 cm³/mol. The van der Waals surface area contributed by atoms with E-state index in [1.807, 2.05) is 42.5 Å². The summed E-state index contributed by atoms with van der Waals surface area (Å²) in [6, 6.07) is 26.2. The Morgan fingerprint density at radius 1 is 0.750 bits per heavy atom. The van der Waals surface area contributed by atoms with Crippen molar-refractivity contribution >= 4 is 32.8 Å². The summed E-state index contributed by atoms with van der Waals surface area (Å²) in [4.78, 5) is 14.4. The van der Waals surface area contributed by atoms with Crippen molar-refractivity contribution in [2.45, 2.75) is 6.92 Å². The van der Waals surface area contributed by atoms with E-state index in [-0.39, 0.29) is 0 Å². The normalized spacial score (nSPS) is 11.2. The molecule has 32 heavy (non-hydrogen) atoms. The fourth-order valence-corrected chi connectivity index (χ4v) is 4.26. The van der Waals surface area contributed by atoms with Gasteiger partial charge in [-0.3, -0.25) is 14.5 Å². The van der Waals surface area contributed by atoms with Crippen LogP contribution in [0.2, 0.25) is 0 Å². The van der Waals surface area contributed by atoms with Crippen LogP contribution in [0.4, 0.5) is 0 Å². The monoisotopic (exact) mass is 411 g/mol. The van der Waals surface area contributed by atoms with E-state index in [0.717, 1.165) is 49.9 Å². The van der Waals surface area contributed by atoms with Gasteiger partial charge in [-0.25, -0.2) is 4.98 Å². The first-order valence-electron chi connectivity index (χ1n) is 10.4. The van der Waals surface area contributed by atoms with Gasteiger partial charge in [-0.1, -0.05) is 29.8 Å². The van der Waals surface area contributed by atoms with Crippen molar-refractivity contribution in [3.63, 3.8) is 0 Å². The zero-order chi connectivity index (χ0) is 21.7. The molecule has 5 nitrogen and oxygen atoms in total. The Morgan fingerprint density at radius 2 is 1.41 bits per heavy atom. The molecule has 0 saturated heterocycles. The van der Waals surface area contributed by atoms with Crippen LogP contribution >= 0.6 is 0 Å². The zero-order valence-corrected chi connectivity index (χ0v) is 17.3. The van der Waals surface area contributed by atoms with E-state index in [4.69, 9.17) is 4.98 Å². The summed E-state index contributed by atoms with van der Waals surface area (Å²) in [5, 5.41) is 11.2. The van der Waals surface area contributed by atoms with Gasteiger partial charge in [0.15, 0.2) is 0 Å². The fourth-order valence-electron chi connectivity index (χ4n) is 4.26. The Bertz CT molecular complexity index is 1670. The largest absolute Gasteiger partial charge is 0.292 e. The standard InChI is InChI=1S/C27H17N5/c1-17-6-10-19(11-7-17)27-31-25-21-4-2-14-29-23(21)24-22(5-3-15-30-24)26(25)32(27)20-12-8-18(16-28)9-13-20/h2-15H,1H3. The molecular formula is C27H17N5. The highest BCUT2D eigenvalue weighted by Gasteiger charge is 2.20. The first kappa shape index (κ1) is 18.2. The molecule has 0 radical (unpaired) electrons. The van der Waals surface area contributed by atoms with Crippen LogP contribution in [0.3, 0.4) is 0 Å². The van der Waals surface area contributed by atoms with Crippen molar-refractivity contribution in [3.8, 4) is 23.1 Å². The average molecular weight is 411 g/mol. The summed E-state index contributed by atoms with van der Waals surface area (Å²) in [7, 11) is 0. The molecule has 0 atom stereocenters. The van der Waals surface area contributed by atoms with Crippen LogP contribution < -0.4 is 0 Å². The minimum Gasteiger partial charge on any atom is -0.292 e. The highest BCUT2D eigenvalue weighted by molar-refractivity contribution is 6.21. The molecule has 150 valence electrons. The van der Waals surface area contributed by atoms with Crippen LogP contribution in [0.15, 0.2) is 85.2 Å². The maximum absolute atomic E-state index is 9.26. The smallest absolute Gasteiger partial charge is 0.145 e. The van der Waals surface area contributed by atoms with Gasteiger partial charge in [0, 0.05) is 34.4 Å². The number of nitrogens with zero attached hydrogens (tertiary/aromatic N) is 5. The SMILES string of the molecule is Cc1ccc(-c2nc3c4cccnc4c4ncccc4c3n2-c2ccc(C#N)cc2)cc1. The van der Waals surface area contributed by atoms with Gasteiger partial charge in [-0.05, 0) is 55.5 Å². The van der Waals surface area contributed by atoms with Gasteiger partial charge >= 0.3 is 0 Å². The Labute approximate surface area is 184 Å². The lowest BCUT2D eigenvalue weighted by molar-refractivity contribution is 1.10. The quantitative estimate of drug-likeness (QED) is 0.329. The van der Waals surface area contributed by atoms with Crippen LogP contribution in [0.5, 0.6) is 0 Å². The van der Waals surface area contributed by atoms with E-state index in [1.54, 1.807) is 12.4 Å². The summed E-state index contributed by atoms with van der Waals surface area (Å²) in [6.07, 6.45) is 3.59. The van der Waals surface area contributed by atoms with Crippen molar-refractivity contribution in [2.75, 3.05) is 0 Å². The van der Waals surface area contributed by atoms with E-state index in [2.05, 4.69) is 57.9 Å². The minimum atomic E-state index is 0.622.